The van der Waals surface area contributed by atoms with Crippen molar-refractivity contribution in [3.05, 3.63) is 29.3 Å². The molecule has 0 spiro atoms. The lowest BCUT2D eigenvalue weighted by molar-refractivity contribution is -0.121. The second kappa shape index (κ2) is 7.27. The van der Waals surface area contributed by atoms with E-state index in [0.29, 0.717) is 10.7 Å². The Bertz CT molecular complexity index is 1260. The number of amides is 2. The molecule has 5 rings (SSSR count). The van der Waals surface area contributed by atoms with Crippen LogP contribution in [0.2, 0.25) is 5.02 Å². The van der Waals surface area contributed by atoms with Gasteiger partial charge in [0.05, 0.1) is 5.69 Å². The van der Waals surface area contributed by atoms with Gasteiger partial charge in [0.25, 0.3) is 5.91 Å². The molecule has 1 atom stereocenters. The molecule has 4 heterocycles. The van der Waals surface area contributed by atoms with E-state index in [9.17, 15) is 9.59 Å². The fraction of sp³-hybridized carbons (Fsp3) is 0.211. The number of hydrogen-bond acceptors (Lipinski definition) is 10. The molecule has 12 nitrogen and oxygen atoms in total. The van der Waals surface area contributed by atoms with Crippen LogP contribution in [0.25, 0.3) is 0 Å². The van der Waals surface area contributed by atoms with E-state index in [4.69, 9.17) is 11.6 Å². The van der Waals surface area contributed by atoms with Gasteiger partial charge in [-0.05, 0) is 30.2 Å². The van der Waals surface area contributed by atoms with E-state index in [1.54, 1.807) is 24.3 Å². The van der Waals surface area contributed by atoms with Crippen molar-refractivity contribution in [3.8, 4) is 0 Å². The molecule has 1 aromatic carbocycles. The van der Waals surface area contributed by atoms with Gasteiger partial charge in [0.1, 0.15) is 12.7 Å². The summed E-state index contributed by atoms with van der Waals surface area (Å²) < 4.78 is 0. The molecule has 0 aliphatic carbocycles. The number of fused-ring (bicyclic) bond motifs is 2. The molecule has 32 heavy (non-hydrogen) atoms. The van der Waals surface area contributed by atoms with E-state index < -0.39 is 11.4 Å². The average Bonchev–Trinajstić information content (AvgIpc) is 3.41. The van der Waals surface area contributed by atoms with E-state index in [1.807, 2.05) is 13.8 Å². The van der Waals surface area contributed by atoms with Gasteiger partial charge in [-0.3, -0.25) is 20.4 Å². The molecular weight excluding hydrogens is 436 g/mol. The molecular formula is C19H15ClN10O2. The molecule has 0 bridgehead atoms. The van der Waals surface area contributed by atoms with Crippen molar-refractivity contribution in [3.63, 3.8) is 0 Å². The number of aliphatic imine (C=N–C) groups is 7. The molecule has 0 saturated heterocycles. The van der Waals surface area contributed by atoms with Crippen molar-refractivity contribution >= 4 is 71.1 Å². The van der Waals surface area contributed by atoms with Crippen LogP contribution in [0.3, 0.4) is 0 Å². The van der Waals surface area contributed by atoms with Gasteiger partial charge >= 0.3 is 5.91 Å². The van der Waals surface area contributed by atoms with Gasteiger partial charge < -0.3 is 0 Å². The van der Waals surface area contributed by atoms with Crippen LogP contribution in [0.5, 0.6) is 0 Å². The second-order valence-corrected chi connectivity index (χ2v) is 7.76. The highest BCUT2D eigenvalue weighted by Crippen LogP contribution is 2.35. The first-order valence-electron chi connectivity index (χ1n) is 9.55. The lowest BCUT2D eigenvalue weighted by Gasteiger charge is -2.38. The van der Waals surface area contributed by atoms with Crippen LogP contribution in [0.4, 0.5) is 5.69 Å². The Labute approximate surface area is 186 Å². The molecule has 4 aliphatic heterocycles. The largest absolute Gasteiger partial charge is 0.302 e. The van der Waals surface area contributed by atoms with Crippen molar-refractivity contribution in [1.29, 1.82) is 0 Å². The standard InChI is InChI=1S/C19H15ClN10O2/c1-9(2)19-15(23-8-24-19)27-18(30(16(19)32)11-5-3-10(20)4-6-11)29-28-17-25-13-12(14(31)26-17)21-7-22-13/h3-9H,1-2H3,(H,26,28,31)(H,23,24,27,29). The zero-order valence-electron chi connectivity index (χ0n) is 16.8. The summed E-state index contributed by atoms with van der Waals surface area (Å²) in [5.41, 5.74) is 4.85. The lowest BCUT2D eigenvalue weighted by Crippen LogP contribution is -2.64. The molecule has 0 saturated carbocycles. The maximum absolute atomic E-state index is 13.7. The van der Waals surface area contributed by atoms with Crippen molar-refractivity contribution in [2.45, 2.75) is 19.4 Å². The van der Waals surface area contributed by atoms with E-state index in [1.165, 1.54) is 17.6 Å². The number of guanidine groups is 2. The Morgan fingerprint density at radius 3 is 2.53 bits per heavy atom. The van der Waals surface area contributed by atoms with Crippen LogP contribution in [0, 0.1) is 5.92 Å². The number of carbonyl (C=O) groups is 2. The number of halogens is 1. The Morgan fingerprint density at radius 2 is 1.78 bits per heavy atom. The normalized spacial score (nSPS) is 23.4. The van der Waals surface area contributed by atoms with Crippen LogP contribution < -0.4 is 15.8 Å². The summed E-state index contributed by atoms with van der Waals surface area (Å²) >= 11 is 6.02. The fourth-order valence-corrected chi connectivity index (χ4v) is 3.64. The van der Waals surface area contributed by atoms with Crippen LogP contribution >= 0.6 is 11.6 Å². The fourth-order valence-electron chi connectivity index (χ4n) is 3.52. The van der Waals surface area contributed by atoms with Crippen LogP contribution in [0.15, 0.2) is 59.2 Å². The molecule has 1 unspecified atom stereocenters. The van der Waals surface area contributed by atoms with Gasteiger partial charge in [-0.2, -0.15) is 15.0 Å². The molecule has 0 fully saturated rings. The van der Waals surface area contributed by atoms with Crippen LogP contribution in [-0.2, 0) is 9.59 Å². The van der Waals surface area contributed by atoms with Gasteiger partial charge in [0, 0.05) is 5.02 Å². The van der Waals surface area contributed by atoms with E-state index in [0.717, 1.165) is 0 Å². The predicted octanol–water partition coefficient (Wildman–Crippen LogP) is 0.750. The third kappa shape index (κ3) is 2.95. The number of nitrogens with zero attached hydrogens (tertiary/aromatic N) is 8. The smallest absolute Gasteiger partial charge is 0.271 e. The molecule has 0 radical (unpaired) electrons. The van der Waals surface area contributed by atoms with Gasteiger partial charge in [-0.25, -0.2) is 24.9 Å². The van der Waals surface area contributed by atoms with Crippen LogP contribution in [-0.4, -0.2) is 59.3 Å². The second-order valence-electron chi connectivity index (χ2n) is 7.32. The Kier molecular flexibility index (Phi) is 4.51. The van der Waals surface area contributed by atoms with Crippen molar-refractivity contribution < 1.29 is 9.59 Å². The first kappa shape index (κ1) is 19.9. The summed E-state index contributed by atoms with van der Waals surface area (Å²) in [5.74, 6) is -0.676. The van der Waals surface area contributed by atoms with Crippen molar-refractivity contribution in [1.82, 2.24) is 10.9 Å². The monoisotopic (exact) mass is 450 g/mol. The van der Waals surface area contributed by atoms with E-state index >= 15 is 0 Å². The average molecular weight is 451 g/mol. The highest BCUT2D eigenvalue weighted by molar-refractivity contribution is 6.71. The lowest BCUT2D eigenvalue weighted by atomic mass is 9.83. The Morgan fingerprint density at radius 1 is 1.00 bits per heavy atom. The first-order chi connectivity index (χ1) is 15.4. The van der Waals surface area contributed by atoms with Gasteiger partial charge in [-0.15, -0.1) is 0 Å². The Hall–Kier alpha value is -4.06. The number of anilines is 1. The third-order valence-electron chi connectivity index (χ3n) is 5.14. The number of nitrogens with one attached hydrogen (secondary N) is 2. The number of hydrazine groups is 1. The number of benzene rings is 1. The molecule has 2 amide bonds. The number of amidine groups is 2. The van der Waals surface area contributed by atoms with Gasteiger partial charge in [0.15, 0.2) is 17.4 Å². The minimum atomic E-state index is -1.24. The molecule has 160 valence electrons. The number of rotatable bonds is 2. The molecule has 0 aromatic heterocycles. The zero-order chi connectivity index (χ0) is 22.5. The van der Waals surface area contributed by atoms with Gasteiger partial charge in [0.2, 0.25) is 17.5 Å². The van der Waals surface area contributed by atoms with E-state index in [-0.39, 0.29) is 41.1 Å². The molecule has 13 heteroatoms. The quantitative estimate of drug-likeness (QED) is 0.639. The highest BCUT2D eigenvalue weighted by Gasteiger charge is 2.55. The summed E-state index contributed by atoms with van der Waals surface area (Å²) in [7, 11) is 0. The predicted molar refractivity (Wildman–Crippen MR) is 122 cm³/mol. The maximum Gasteiger partial charge on any atom is 0.302 e. The summed E-state index contributed by atoms with van der Waals surface area (Å²) in [6, 6.07) is 6.69. The molecule has 4 aliphatic rings. The van der Waals surface area contributed by atoms with Gasteiger partial charge in [-0.1, -0.05) is 25.4 Å². The van der Waals surface area contributed by atoms with Crippen molar-refractivity contribution in [2.75, 3.05) is 4.90 Å². The first-order valence-corrected chi connectivity index (χ1v) is 9.93. The Balaban J connectivity index is 1.51. The minimum Gasteiger partial charge on any atom is -0.271 e. The van der Waals surface area contributed by atoms with Crippen molar-refractivity contribution in [2.24, 2.45) is 40.9 Å². The summed E-state index contributed by atoms with van der Waals surface area (Å²) in [4.78, 5) is 56.0. The minimum absolute atomic E-state index is 0.0560. The molecule has 1 aromatic rings. The zero-order valence-corrected chi connectivity index (χ0v) is 17.6. The summed E-state index contributed by atoms with van der Waals surface area (Å²) in [6.07, 6.45) is 2.57. The summed E-state index contributed by atoms with van der Waals surface area (Å²) in [6.45, 7) is 3.75. The topological polar surface area (TPSA) is 148 Å². The highest BCUT2D eigenvalue weighted by atomic mass is 35.5. The summed E-state index contributed by atoms with van der Waals surface area (Å²) in [5, 5.41) is 0.517. The number of hydrogen-bond donors (Lipinski definition) is 2. The SMILES string of the molecule is CC(C)C12N=CN=C1N=C(NNC1=NC(=O)C3=NC=NC3=N1)N(c1ccc(Cl)cc1)C2=O. The van der Waals surface area contributed by atoms with E-state index in [2.05, 4.69) is 45.8 Å². The maximum atomic E-state index is 13.7. The number of carbonyl (C=O) groups excluding carboxylic acids is 2. The molecule has 2 N–H and O–H groups in total. The van der Waals surface area contributed by atoms with Crippen LogP contribution in [0.1, 0.15) is 13.8 Å². The third-order valence-corrected chi connectivity index (χ3v) is 5.39.